The van der Waals surface area contributed by atoms with Gasteiger partial charge in [-0.25, -0.2) is 0 Å². The van der Waals surface area contributed by atoms with Crippen LogP contribution in [0.4, 0.5) is 0 Å². The van der Waals surface area contributed by atoms with Crippen molar-refractivity contribution in [1.29, 1.82) is 0 Å². The molecule has 0 spiro atoms. The minimum Gasteiger partial charge on any atom is -0.507 e. The monoisotopic (exact) mass is 300 g/mol. The molecule has 0 aliphatic heterocycles. The first-order chi connectivity index (χ1) is 7.25. The Labute approximate surface area is 105 Å². The number of thioether (sulfide) groups is 1. The molecule has 0 aliphatic carbocycles. The fraction of sp³-hybridized carbons (Fsp3) is 0.0909. The molecule has 0 saturated heterocycles. The average molecular weight is 301 g/mol. The number of rotatable bonds is 3. The van der Waals surface area contributed by atoms with Gasteiger partial charge >= 0.3 is 0 Å². The van der Waals surface area contributed by atoms with Crippen molar-refractivity contribution in [2.75, 3.05) is 0 Å². The highest BCUT2D eigenvalue weighted by atomic mass is 79.9. The van der Waals surface area contributed by atoms with E-state index in [2.05, 4.69) is 27.4 Å². The van der Waals surface area contributed by atoms with Crippen LogP contribution < -0.4 is 0 Å². The van der Waals surface area contributed by atoms with Crippen molar-refractivity contribution in [1.82, 2.24) is 0 Å². The Morgan fingerprint density at radius 2 is 2.13 bits per heavy atom. The molecule has 4 heteroatoms. The van der Waals surface area contributed by atoms with Crippen molar-refractivity contribution in [2.45, 2.75) is 10.6 Å². The number of halogens is 1. The Balaban J connectivity index is 2.02. The van der Waals surface area contributed by atoms with Gasteiger partial charge in [-0.15, -0.1) is 23.1 Å². The van der Waals surface area contributed by atoms with Gasteiger partial charge in [0, 0.05) is 10.6 Å². The van der Waals surface area contributed by atoms with Gasteiger partial charge in [-0.05, 0) is 45.1 Å². The zero-order chi connectivity index (χ0) is 10.7. The maximum absolute atomic E-state index is 9.57. The van der Waals surface area contributed by atoms with E-state index in [9.17, 15) is 5.11 Å². The molecule has 15 heavy (non-hydrogen) atoms. The van der Waals surface area contributed by atoms with Crippen LogP contribution in [0, 0.1) is 0 Å². The lowest BCUT2D eigenvalue weighted by Crippen LogP contribution is -1.76. The molecule has 1 nitrogen and oxygen atoms in total. The van der Waals surface area contributed by atoms with Crippen LogP contribution in [0.3, 0.4) is 0 Å². The Kier molecular flexibility index (Phi) is 3.72. The lowest BCUT2D eigenvalue weighted by atomic mass is 10.3. The first-order valence-corrected chi connectivity index (χ1v) is 7.05. The summed E-state index contributed by atoms with van der Waals surface area (Å²) in [6, 6.07) is 9.52. The fourth-order valence-corrected chi connectivity index (χ4v) is 3.36. The summed E-state index contributed by atoms with van der Waals surface area (Å²) in [4.78, 5) is 0.930. The van der Waals surface area contributed by atoms with Gasteiger partial charge in [0.05, 0.1) is 3.79 Å². The largest absolute Gasteiger partial charge is 0.507 e. The first kappa shape index (κ1) is 11.0. The first-order valence-electron chi connectivity index (χ1n) is 4.39. The predicted molar refractivity (Wildman–Crippen MR) is 69.7 cm³/mol. The second-order valence-corrected chi connectivity index (χ2v) is 6.32. The van der Waals surface area contributed by atoms with Gasteiger partial charge in [0.15, 0.2) is 0 Å². The van der Waals surface area contributed by atoms with E-state index >= 15 is 0 Å². The van der Waals surface area contributed by atoms with Gasteiger partial charge in [0.2, 0.25) is 0 Å². The zero-order valence-electron chi connectivity index (χ0n) is 7.81. The molecule has 0 fully saturated rings. The smallest absolute Gasteiger partial charge is 0.129 e. The molecule has 0 radical (unpaired) electrons. The molecule has 1 heterocycles. The third-order valence-electron chi connectivity index (χ3n) is 1.88. The van der Waals surface area contributed by atoms with E-state index in [-0.39, 0.29) is 0 Å². The Morgan fingerprint density at radius 3 is 2.80 bits per heavy atom. The van der Waals surface area contributed by atoms with Crippen LogP contribution in [0.1, 0.15) is 5.56 Å². The molecular weight excluding hydrogens is 292 g/mol. The second-order valence-electron chi connectivity index (χ2n) is 3.02. The highest BCUT2D eigenvalue weighted by Crippen LogP contribution is 2.32. The normalized spacial score (nSPS) is 10.5. The zero-order valence-corrected chi connectivity index (χ0v) is 11.0. The van der Waals surface area contributed by atoms with Crippen LogP contribution in [0.2, 0.25) is 0 Å². The van der Waals surface area contributed by atoms with Crippen LogP contribution >= 0.6 is 39.0 Å². The van der Waals surface area contributed by atoms with E-state index in [1.165, 1.54) is 5.56 Å². The molecule has 0 amide bonds. The molecule has 0 aliphatic rings. The Morgan fingerprint density at radius 1 is 1.33 bits per heavy atom. The van der Waals surface area contributed by atoms with Crippen LogP contribution in [0.25, 0.3) is 0 Å². The molecular formula is C11H9BrOS2. The number of hydrogen-bond acceptors (Lipinski definition) is 3. The van der Waals surface area contributed by atoms with E-state index in [1.54, 1.807) is 29.2 Å². The van der Waals surface area contributed by atoms with Crippen molar-refractivity contribution in [2.24, 2.45) is 0 Å². The number of hydrogen-bond donors (Lipinski definition) is 1. The van der Waals surface area contributed by atoms with Crippen molar-refractivity contribution in [3.63, 3.8) is 0 Å². The van der Waals surface area contributed by atoms with Gasteiger partial charge in [0.1, 0.15) is 5.75 Å². The molecule has 1 aromatic heterocycles. The number of phenolic OH excluding ortho intramolecular Hbond substituents is 1. The molecule has 0 unspecified atom stereocenters. The summed E-state index contributed by atoms with van der Waals surface area (Å²) >= 11 is 6.77. The van der Waals surface area contributed by atoms with E-state index in [4.69, 9.17) is 0 Å². The number of aromatic hydroxyl groups is 1. The van der Waals surface area contributed by atoms with E-state index < -0.39 is 0 Å². The number of thiophene rings is 1. The standard InChI is InChI=1S/C11H9BrOS2/c12-11-5-8(7-15-11)6-14-10-4-2-1-3-9(10)13/h1-5,7,13H,6H2. The van der Waals surface area contributed by atoms with Gasteiger partial charge < -0.3 is 5.11 Å². The predicted octanol–water partition coefficient (Wildman–Crippen LogP) is 4.51. The van der Waals surface area contributed by atoms with Crippen molar-refractivity contribution in [3.05, 3.63) is 45.1 Å². The highest BCUT2D eigenvalue weighted by Gasteiger charge is 2.02. The third-order valence-corrected chi connectivity index (χ3v) is 4.57. The maximum Gasteiger partial charge on any atom is 0.129 e. The van der Waals surface area contributed by atoms with Crippen LogP contribution in [-0.4, -0.2) is 5.11 Å². The van der Waals surface area contributed by atoms with E-state index in [1.807, 2.05) is 18.2 Å². The molecule has 2 aromatic rings. The van der Waals surface area contributed by atoms with Crippen LogP contribution in [0.15, 0.2) is 44.4 Å². The minimum absolute atomic E-state index is 0.358. The van der Waals surface area contributed by atoms with E-state index in [0.717, 1.165) is 14.4 Å². The maximum atomic E-state index is 9.57. The Bertz CT molecular complexity index is 453. The van der Waals surface area contributed by atoms with Gasteiger partial charge in [-0.3, -0.25) is 0 Å². The topological polar surface area (TPSA) is 20.2 Å². The number of benzene rings is 1. The summed E-state index contributed by atoms with van der Waals surface area (Å²) in [5.74, 6) is 1.25. The summed E-state index contributed by atoms with van der Waals surface area (Å²) in [5, 5.41) is 11.7. The molecule has 0 bridgehead atoms. The summed E-state index contributed by atoms with van der Waals surface area (Å²) in [6.07, 6.45) is 0. The minimum atomic E-state index is 0.358. The van der Waals surface area contributed by atoms with Crippen LogP contribution in [-0.2, 0) is 5.75 Å². The summed E-state index contributed by atoms with van der Waals surface area (Å²) in [6.45, 7) is 0. The lowest BCUT2D eigenvalue weighted by Gasteiger charge is -2.01. The third kappa shape index (κ3) is 3.00. The fourth-order valence-electron chi connectivity index (χ4n) is 1.16. The van der Waals surface area contributed by atoms with Crippen molar-refractivity contribution < 1.29 is 5.11 Å². The van der Waals surface area contributed by atoms with Crippen molar-refractivity contribution in [3.8, 4) is 5.75 Å². The summed E-state index contributed by atoms with van der Waals surface area (Å²) in [5.41, 5.74) is 1.28. The summed E-state index contributed by atoms with van der Waals surface area (Å²) < 4.78 is 1.15. The second kappa shape index (κ2) is 5.05. The molecule has 78 valence electrons. The average Bonchev–Trinajstić information content (AvgIpc) is 2.63. The Hall–Kier alpha value is -0.450. The quantitative estimate of drug-likeness (QED) is 0.842. The number of para-hydroxylation sites is 1. The molecule has 0 atom stereocenters. The number of phenols is 1. The molecule has 1 N–H and O–H groups in total. The summed E-state index contributed by atoms with van der Waals surface area (Å²) in [7, 11) is 0. The molecule has 2 rings (SSSR count). The van der Waals surface area contributed by atoms with Crippen LogP contribution in [0.5, 0.6) is 5.75 Å². The van der Waals surface area contributed by atoms with Crippen molar-refractivity contribution >= 4 is 39.0 Å². The highest BCUT2D eigenvalue weighted by molar-refractivity contribution is 9.11. The molecule has 1 aromatic carbocycles. The van der Waals surface area contributed by atoms with E-state index in [0.29, 0.717) is 5.75 Å². The van der Waals surface area contributed by atoms with Gasteiger partial charge in [-0.1, -0.05) is 12.1 Å². The lowest BCUT2D eigenvalue weighted by molar-refractivity contribution is 0.462. The molecule has 0 saturated carbocycles. The van der Waals surface area contributed by atoms with Gasteiger partial charge in [0.25, 0.3) is 0 Å². The van der Waals surface area contributed by atoms with Gasteiger partial charge in [-0.2, -0.15) is 0 Å². The SMILES string of the molecule is Oc1ccccc1SCc1csc(Br)c1.